The molecule has 0 aromatic carbocycles. The summed E-state index contributed by atoms with van der Waals surface area (Å²) in [6, 6.07) is 1.87. The van der Waals surface area contributed by atoms with Crippen molar-refractivity contribution < 1.29 is 4.39 Å². The van der Waals surface area contributed by atoms with Crippen molar-refractivity contribution in [3.63, 3.8) is 0 Å². The summed E-state index contributed by atoms with van der Waals surface area (Å²) in [5, 5.41) is 0. The van der Waals surface area contributed by atoms with Crippen LogP contribution in [-0.4, -0.2) is 4.98 Å². The highest BCUT2D eigenvalue weighted by atomic mass is 19.1. The highest BCUT2D eigenvalue weighted by Crippen LogP contribution is 2.31. The van der Waals surface area contributed by atoms with Gasteiger partial charge in [0.1, 0.15) is 0 Å². The maximum atomic E-state index is 13.4. The second-order valence-corrected chi connectivity index (χ2v) is 4.94. The molecule has 3 heteroatoms. The van der Waals surface area contributed by atoms with Crippen LogP contribution in [0.5, 0.6) is 0 Å². The highest BCUT2D eigenvalue weighted by molar-refractivity contribution is 5.47. The smallest absolute Gasteiger partial charge is 0.236 e. The summed E-state index contributed by atoms with van der Waals surface area (Å²) in [5.74, 6) is -0.147. The zero-order valence-electron chi connectivity index (χ0n) is 11.6. The average Bonchev–Trinajstić information content (AvgIpc) is 2.37. The quantitative estimate of drug-likeness (QED) is 0.540. The minimum atomic E-state index is -0.526. The third kappa shape index (κ3) is 4.28. The Morgan fingerprint density at radius 3 is 2.61 bits per heavy atom. The lowest BCUT2D eigenvalue weighted by Gasteiger charge is -2.18. The molecule has 1 unspecified atom stereocenters. The number of pyridine rings is 1. The number of unbranched alkanes of at least 4 members (excludes halogenated alkanes) is 3. The second kappa shape index (κ2) is 8.06. The number of nitrogens with two attached hydrogens (primary N) is 1. The molecule has 0 aliphatic heterocycles. The van der Waals surface area contributed by atoms with Crippen LogP contribution in [0.2, 0.25) is 0 Å². The molecule has 0 bridgehead atoms. The van der Waals surface area contributed by atoms with Crippen molar-refractivity contribution in [3.05, 3.63) is 23.8 Å². The number of hydrogen-bond acceptors (Lipinski definition) is 2. The van der Waals surface area contributed by atoms with Gasteiger partial charge in [-0.2, -0.15) is 4.39 Å². The summed E-state index contributed by atoms with van der Waals surface area (Å²) in [7, 11) is 0. The molecule has 0 aliphatic carbocycles. The zero-order valence-corrected chi connectivity index (χ0v) is 11.6. The average molecular weight is 252 g/mol. The summed E-state index contributed by atoms with van der Waals surface area (Å²) >= 11 is 0. The van der Waals surface area contributed by atoms with Gasteiger partial charge >= 0.3 is 0 Å². The fourth-order valence-electron chi connectivity index (χ4n) is 2.44. The predicted molar refractivity (Wildman–Crippen MR) is 75.0 cm³/mol. The largest absolute Gasteiger partial charge is 0.395 e. The van der Waals surface area contributed by atoms with Crippen molar-refractivity contribution >= 4 is 5.69 Å². The Kier molecular flexibility index (Phi) is 6.69. The third-order valence-electron chi connectivity index (χ3n) is 3.46. The molecule has 0 radical (unpaired) electrons. The van der Waals surface area contributed by atoms with Gasteiger partial charge in [0.25, 0.3) is 0 Å². The number of hydrogen-bond donors (Lipinski definition) is 1. The first-order valence-corrected chi connectivity index (χ1v) is 7.10. The molecule has 0 saturated heterocycles. The van der Waals surface area contributed by atoms with Crippen LogP contribution >= 0.6 is 0 Å². The van der Waals surface area contributed by atoms with Gasteiger partial charge in [-0.05, 0) is 30.4 Å². The fraction of sp³-hybridized carbons (Fsp3) is 0.667. The van der Waals surface area contributed by atoms with E-state index in [4.69, 9.17) is 5.73 Å². The van der Waals surface area contributed by atoms with E-state index >= 15 is 0 Å². The van der Waals surface area contributed by atoms with Gasteiger partial charge in [0.15, 0.2) is 0 Å². The highest BCUT2D eigenvalue weighted by Gasteiger charge is 2.16. The Hall–Kier alpha value is -1.12. The molecule has 18 heavy (non-hydrogen) atoms. The topological polar surface area (TPSA) is 38.9 Å². The van der Waals surface area contributed by atoms with Gasteiger partial charge in [0.2, 0.25) is 5.95 Å². The van der Waals surface area contributed by atoms with Gasteiger partial charge in [-0.1, -0.05) is 46.0 Å². The van der Waals surface area contributed by atoms with Gasteiger partial charge < -0.3 is 5.73 Å². The molecule has 0 fully saturated rings. The SMILES string of the molecule is CCCCCCC(CCC)c1ccnc(F)c1N. The Labute approximate surface area is 110 Å². The van der Waals surface area contributed by atoms with Crippen LogP contribution in [0.15, 0.2) is 12.3 Å². The Morgan fingerprint density at radius 2 is 1.94 bits per heavy atom. The normalized spacial score (nSPS) is 12.6. The molecule has 0 spiro atoms. The summed E-state index contributed by atoms with van der Waals surface area (Å²) in [5.41, 5.74) is 6.99. The summed E-state index contributed by atoms with van der Waals surface area (Å²) in [6.45, 7) is 4.37. The van der Waals surface area contributed by atoms with Crippen LogP contribution in [0.4, 0.5) is 10.1 Å². The monoisotopic (exact) mass is 252 g/mol. The lowest BCUT2D eigenvalue weighted by molar-refractivity contribution is 0.516. The van der Waals surface area contributed by atoms with Gasteiger partial charge in [-0.3, -0.25) is 0 Å². The van der Waals surface area contributed by atoms with Gasteiger partial charge in [0.05, 0.1) is 5.69 Å². The number of halogens is 1. The summed E-state index contributed by atoms with van der Waals surface area (Å²) in [6.07, 6.45) is 9.76. The maximum absolute atomic E-state index is 13.4. The standard InChI is InChI=1S/C15H25FN2/c1-3-5-6-7-9-12(8-4-2)13-10-11-18-15(16)14(13)17/h10-12H,3-9,17H2,1-2H3. The van der Waals surface area contributed by atoms with E-state index in [0.29, 0.717) is 5.92 Å². The second-order valence-electron chi connectivity index (χ2n) is 4.94. The van der Waals surface area contributed by atoms with E-state index in [9.17, 15) is 4.39 Å². The summed E-state index contributed by atoms with van der Waals surface area (Å²) in [4.78, 5) is 3.60. The van der Waals surface area contributed by atoms with Crippen molar-refractivity contribution in [2.45, 2.75) is 64.7 Å². The van der Waals surface area contributed by atoms with E-state index in [1.807, 2.05) is 6.07 Å². The maximum Gasteiger partial charge on any atom is 0.236 e. The van der Waals surface area contributed by atoms with E-state index < -0.39 is 5.95 Å². The van der Waals surface area contributed by atoms with Crippen LogP contribution in [0, 0.1) is 5.95 Å². The number of nitrogen functional groups attached to an aromatic ring is 1. The van der Waals surface area contributed by atoms with Crippen molar-refractivity contribution in [3.8, 4) is 0 Å². The molecule has 0 aliphatic rings. The van der Waals surface area contributed by atoms with Crippen molar-refractivity contribution in [1.29, 1.82) is 0 Å². The Balaban J connectivity index is 2.68. The number of anilines is 1. The zero-order chi connectivity index (χ0) is 13.4. The molecule has 1 atom stereocenters. The molecule has 2 N–H and O–H groups in total. The molecule has 102 valence electrons. The molecule has 0 amide bonds. The minimum absolute atomic E-state index is 0.242. The lowest BCUT2D eigenvalue weighted by Crippen LogP contribution is -2.06. The number of nitrogens with zero attached hydrogens (tertiary/aromatic N) is 1. The minimum Gasteiger partial charge on any atom is -0.395 e. The molecular formula is C15H25FN2. The van der Waals surface area contributed by atoms with E-state index in [1.54, 1.807) is 0 Å². The van der Waals surface area contributed by atoms with Gasteiger partial charge in [-0.15, -0.1) is 0 Å². The molecule has 1 rings (SSSR count). The number of aromatic nitrogens is 1. The van der Waals surface area contributed by atoms with Crippen LogP contribution in [0.1, 0.15) is 70.3 Å². The predicted octanol–water partition coefficient (Wildman–Crippen LogP) is 4.66. The lowest BCUT2D eigenvalue weighted by atomic mass is 9.89. The van der Waals surface area contributed by atoms with Gasteiger partial charge in [-0.25, -0.2) is 4.98 Å². The van der Waals surface area contributed by atoms with E-state index in [0.717, 1.165) is 24.8 Å². The molecule has 0 saturated carbocycles. The van der Waals surface area contributed by atoms with Crippen molar-refractivity contribution in [2.24, 2.45) is 0 Å². The van der Waals surface area contributed by atoms with Crippen molar-refractivity contribution in [1.82, 2.24) is 4.98 Å². The van der Waals surface area contributed by atoms with E-state index in [1.165, 1.54) is 31.9 Å². The molecular weight excluding hydrogens is 227 g/mol. The van der Waals surface area contributed by atoms with E-state index in [-0.39, 0.29) is 5.69 Å². The number of rotatable bonds is 8. The van der Waals surface area contributed by atoms with Crippen LogP contribution in [0.25, 0.3) is 0 Å². The fourth-order valence-corrected chi connectivity index (χ4v) is 2.44. The molecule has 2 nitrogen and oxygen atoms in total. The van der Waals surface area contributed by atoms with E-state index in [2.05, 4.69) is 18.8 Å². The Bertz CT molecular complexity index is 352. The van der Waals surface area contributed by atoms with Crippen LogP contribution in [0.3, 0.4) is 0 Å². The van der Waals surface area contributed by atoms with Crippen molar-refractivity contribution in [2.75, 3.05) is 5.73 Å². The first kappa shape index (κ1) is 14.9. The third-order valence-corrected chi connectivity index (χ3v) is 3.46. The van der Waals surface area contributed by atoms with Gasteiger partial charge in [0, 0.05) is 6.20 Å². The first-order chi connectivity index (χ1) is 8.70. The summed E-state index contributed by atoms with van der Waals surface area (Å²) < 4.78 is 13.4. The first-order valence-electron chi connectivity index (χ1n) is 7.10. The van der Waals surface area contributed by atoms with Crippen LogP contribution < -0.4 is 5.73 Å². The molecule has 1 aromatic heterocycles. The molecule has 1 aromatic rings. The Morgan fingerprint density at radius 1 is 1.17 bits per heavy atom. The van der Waals surface area contributed by atoms with Crippen LogP contribution in [-0.2, 0) is 0 Å². The molecule has 1 heterocycles.